The van der Waals surface area contributed by atoms with Crippen molar-refractivity contribution in [1.29, 1.82) is 0 Å². The predicted octanol–water partition coefficient (Wildman–Crippen LogP) is 3.00. The van der Waals surface area contributed by atoms with Gasteiger partial charge in [0.15, 0.2) is 0 Å². The monoisotopic (exact) mass is 204 g/mol. The number of aryl methyl sites for hydroxylation is 1. The van der Waals surface area contributed by atoms with Gasteiger partial charge in [-0.15, -0.1) is 0 Å². The van der Waals surface area contributed by atoms with E-state index in [2.05, 4.69) is 46.1 Å². The number of hydrogen-bond acceptors (Lipinski definition) is 2. The highest BCUT2D eigenvalue weighted by atomic mass is 15.2. The molecule has 4 nitrogen and oxygen atoms in total. The van der Waals surface area contributed by atoms with E-state index in [1.165, 1.54) is 5.56 Å². The summed E-state index contributed by atoms with van der Waals surface area (Å²) >= 11 is 0. The highest BCUT2D eigenvalue weighted by molar-refractivity contribution is 5.46. The topological polar surface area (TPSA) is 52.0 Å². The third-order valence-electron chi connectivity index (χ3n) is 2.38. The molecule has 1 rings (SSSR count). The summed E-state index contributed by atoms with van der Waals surface area (Å²) in [5.74, 6) is 0. The van der Waals surface area contributed by atoms with Crippen LogP contribution >= 0.6 is 0 Å². The van der Waals surface area contributed by atoms with E-state index in [0.29, 0.717) is 6.54 Å². The third kappa shape index (κ3) is 3.52. The van der Waals surface area contributed by atoms with Crippen molar-refractivity contribution in [3.8, 4) is 0 Å². The molecule has 80 valence electrons. The van der Waals surface area contributed by atoms with Crippen LogP contribution in [0, 0.1) is 0 Å². The van der Waals surface area contributed by atoms with Crippen LogP contribution in [0.3, 0.4) is 0 Å². The fourth-order valence-electron chi connectivity index (χ4n) is 1.35. The van der Waals surface area contributed by atoms with Gasteiger partial charge in [0.05, 0.1) is 0 Å². The number of nitrogens with zero attached hydrogens (tertiary/aromatic N) is 4. The lowest BCUT2D eigenvalue weighted by Crippen LogP contribution is -2.20. The second-order valence-electron chi connectivity index (χ2n) is 3.40. The minimum atomic E-state index is 0.503. The van der Waals surface area contributed by atoms with Gasteiger partial charge in [-0.1, -0.05) is 24.2 Å². The summed E-state index contributed by atoms with van der Waals surface area (Å²) in [5.41, 5.74) is 10.6. The fraction of sp³-hybridized carbons (Fsp3) is 0.455. The zero-order valence-corrected chi connectivity index (χ0v) is 9.22. The molecule has 0 aliphatic rings. The summed E-state index contributed by atoms with van der Waals surface area (Å²) < 4.78 is 0. The highest BCUT2D eigenvalue weighted by Gasteiger charge is 1.98. The zero-order chi connectivity index (χ0) is 11.1. The number of likely N-dealkylation sites (N-methyl/N-ethyl adjacent to an activating group) is 1. The van der Waals surface area contributed by atoms with Gasteiger partial charge < -0.3 is 4.90 Å². The Labute approximate surface area is 90.1 Å². The van der Waals surface area contributed by atoms with E-state index >= 15 is 0 Å². The largest absolute Gasteiger partial charge is 0.374 e. The first kappa shape index (κ1) is 11.4. The molecule has 0 saturated carbocycles. The van der Waals surface area contributed by atoms with Crippen LogP contribution < -0.4 is 4.90 Å². The zero-order valence-electron chi connectivity index (χ0n) is 9.22. The van der Waals surface area contributed by atoms with Gasteiger partial charge in [-0.05, 0) is 29.6 Å². The van der Waals surface area contributed by atoms with Crippen LogP contribution in [0.1, 0.15) is 12.5 Å². The summed E-state index contributed by atoms with van der Waals surface area (Å²) in [6, 6.07) is 8.43. The van der Waals surface area contributed by atoms with E-state index in [1.807, 2.05) is 7.05 Å². The van der Waals surface area contributed by atoms with Gasteiger partial charge in [-0.3, -0.25) is 0 Å². The van der Waals surface area contributed by atoms with Crippen LogP contribution in [0.25, 0.3) is 10.4 Å². The van der Waals surface area contributed by atoms with Gasteiger partial charge in [0, 0.05) is 30.7 Å². The molecule has 0 aliphatic heterocycles. The van der Waals surface area contributed by atoms with Gasteiger partial charge >= 0.3 is 0 Å². The molecule has 0 aliphatic carbocycles. The van der Waals surface area contributed by atoms with Crippen LogP contribution in [0.4, 0.5) is 5.69 Å². The second-order valence-corrected chi connectivity index (χ2v) is 3.40. The van der Waals surface area contributed by atoms with Crippen LogP contribution in [-0.2, 0) is 6.42 Å². The molecule has 0 amide bonds. The second kappa shape index (κ2) is 5.94. The van der Waals surface area contributed by atoms with Crippen molar-refractivity contribution in [2.75, 3.05) is 25.0 Å². The Morgan fingerprint density at radius 3 is 2.53 bits per heavy atom. The molecule has 0 bridgehead atoms. The summed E-state index contributed by atoms with van der Waals surface area (Å²) in [6.07, 6.45) is 1.06. The third-order valence-corrected chi connectivity index (χ3v) is 2.38. The Morgan fingerprint density at radius 1 is 1.33 bits per heavy atom. The normalized spacial score (nSPS) is 9.47. The average Bonchev–Trinajstić information content (AvgIpc) is 2.29. The highest BCUT2D eigenvalue weighted by Crippen LogP contribution is 2.13. The molecule has 0 saturated heterocycles. The van der Waals surface area contributed by atoms with Gasteiger partial charge in [-0.25, -0.2) is 0 Å². The molecule has 1 aromatic carbocycles. The Kier molecular flexibility index (Phi) is 4.51. The average molecular weight is 204 g/mol. The lowest BCUT2D eigenvalue weighted by Gasteiger charge is -2.18. The Bertz CT molecular complexity index is 338. The van der Waals surface area contributed by atoms with Gasteiger partial charge in [0.2, 0.25) is 0 Å². The maximum Gasteiger partial charge on any atom is 0.0434 e. The van der Waals surface area contributed by atoms with E-state index in [0.717, 1.165) is 18.7 Å². The van der Waals surface area contributed by atoms with Crippen molar-refractivity contribution in [3.05, 3.63) is 40.3 Å². The summed E-state index contributed by atoms with van der Waals surface area (Å²) in [6.45, 7) is 3.39. The van der Waals surface area contributed by atoms with E-state index in [4.69, 9.17) is 5.53 Å². The molecular weight excluding hydrogens is 188 g/mol. The number of hydrogen-bond donors (Lipinski definition) is 0. The first-order chi connectivity index (χ1) is 7.27. The molecule has 0 heterocycles. The molecule has 0 unspecified atom stereocenters. The Morgan fingerprint density at radius 2 is 2.00 bits per heavy atom. The van der Waals surface area contributed by atoms with E-state index < -0.39 is 0 Å². The smallest absolute Gasteiger partial charge is 0.0434 e. The standard InChI is InChI=1S/C11H16N4/c1-3-10-4-6-11(7-5-10)15(2)9-8-13-14-12/h4-7H,3,8-9H2,1-2H3. The number of benzene rings is 1. The van der Waals surface area contributed by atoms with Crippen LogP contribution in [0.2, 0.25) is 0 Å². The Balaban J connectivity index is 2.57. The molecular formula is C11H16N4. The summed E-state index contributed by atoms with van der Waals surface area (Å²) in [4.78, 5) is 4.80. The van der Waals surface area contributed by atoms with Crippen molar-refractivity contribution < 1.29 is 0 Å². The molecule has 0 N–H and O–H groups in total. The SMILES string of the molecule is CCc1ccc(N(C)CCN=[N+]=[N-])cc1. The van der Waals surface area contributed by atoms with Crippen molar-refractivity contribution in [2.45, 2.75) is 13.3 Å². The van der Waals surface area contributed by atoms with Crippen LogP contribution in [0.5, 0.6) is 0 Å². The minimum Gasteiger partial charge on any atom is -0.374 e. The van der Waals surface area contributed by atoms with Gasteiger partial charge in [0.1, 0.15) is 0 Å². The van der Waals surface area contributed by atoms with Crippen molar-refractivity contribution in [2.24, 2.45) is 5.11 Å². The lowest BCUT2D eigenvalue weighted by atomic mass is 10.1. The molecule has 0 atom stereocenters. The molecule has 4 heteroatoms. The molecule has 0 radical (unpaired) electrons. The van der Waals surface area contributed by atoms with Crippen molar-refractivity contribution in [1.82, 2.24) is 0 Å². The lowest BCUT2D eigenvalue weighted by molar-refractivity contribution is 0.879. The van der Waals surface area contributed by atoms with Crippen molar-refractivity contribution >= 4 is 5.69 Å². The van der Waals surface area contributed by atoms with Gasteiger partial charge in [-0.2, -0.15) is 0 Å². The van der Waals surface area contributed by atoms with E-state index in [1.54, 1.807) is 0 Å². The molecule has 1 aromatic rings. The first-order valence-electron chi connectivity index (χ1n) is 5.09. The van der Waals surface area contributed by atoms with E-state index in [9.17, 15) is 0 Å². The van der Waals surface area contributed by atoms with Crippen LogP contribution in [-0.4, -0.2) is 20.1 Å². The number of rotatable bonds is 5. The molecule has 15 heavy (non-hydrogen) atoms. The quantitative estimate of drug-likeness (QED) is 0.413. The van der Waals surface area contributed by atoms with Gasteiger partial charge in [0.25, 0.3) is 0 Å². The Hall–Kier alpha value is -1.67. The van der Waals surface area contributed by atoms with Crippen LogP contribution in [0.15, 0.2) is 29.4 Å². The number of anilines is 1. The van der Waals surface area contributed by atoms with E-state index in [-0.39, 0.29) is 0 Å². The summed E-state index contributed by atoms with van der Waals surface area (Å²) in [5, 5.41) is 3.51. The summed E-state index contributed by atoms with van der Waals surface area (Å²) in [7, 11) is 1.99. The maximum atomic E-state index is 8.16. The maximum absolute atomic E-state index is 8.16. The minimum absolute atomic E-state index is 0.503. The fourth-order valence-corrected chi connectivity index (χ4v) is 1.35. The number of azide groups is 1. The molecule has 0 aromatic heterocycles. The van der Waals surface area contributed by atoms with Crippen molar-refractivity contribution in [3.63, 3.8) is 0 Å². The molecule has 0 fully saturated rings. The predicted molar refractivity (Wildman–Crippen MR) is 63.1 cm³/mol. The molecule has 0 spiro atoms. The first-order valence-corrected chi connectivity index (χ1v) is 5.09.